The minimum atomic E-state index is -4.00. The number of hydrogen-bond acceptors (Lipinski definition) is 4. The van der Waals surface area contributed by atoms with Crippen molar-refractivity contribution in [2.24, 2.45) is 0 Å². The molecule has 2 N–H and O–H groups in total. The first-order chi connectivity index (χ1) is 15.2. The normalized spacial score (nSPS) is 14.8. The molecule has 1 heterocycles. The largest absolute Gasteiger partial charge is 0.339 e. The molecule has 11 heteroatoms. The van der Waals surface area contributed by atoms with Gasteiger partial charge in [-0.05, 0) is 30.7 Å². The van der Waals surface area contributed by atoms with Gasteiger partial charge >= 0.3 is 6.03 Å². The molecule has 0 unspecified atom stereocenters. The Morgan fingerprint density at radius 2 is 1.59 bits per heavy atom. The topological polar surface area (TPSA) is 98.8 Å². The van der Waals surface area contributed by atoms with E-state index in [-0.39, 0.29) is 43.5 Å². The first-order valence-corrected chi connectivity index (χ1v) is 11.4. The number of benzene rings is 2. The summed E-state index contributed by atoms with van der Waals surface area (Å²) in [7, 11) is -4.00. The fourth-order valence-corrected chi connectivity index (χ4v) is 4.62. The molecule has 1 aliphatic heterocycles. The molecule has 172 valence electrons. The molecule has 32 heavy (non-hydrogen) atoms. The van der Waals surface area contributed by atoms with Gasteiger partial charge in [0.15, 0.2) is 11.6 Å². The van der Waals surface area contributed by atoms with Gasteiger partial charge in [0.1, 0.15) is 0 Å². The van der Waals surface area contributed by atoms with E-state index in [0.717, 1.165) is 27.6 Å². The zero-order valence-electron chi connectivity index (χ0n) is 17.5. The number of halogens is 2. The summed E-state index contributed by atoms with van der Waals surface area (Å²) in [4.78, 5) is 25.4. The zero-order valence-corrected chi connectivity index (χ0v) is 18.3. The lowest BCUT2D eigenvalue weighted by Crippen LogP contribution is -2.53. The third-order valence-corrected chi connectivity index (χ3v) is 6.99. The first kappa shape index (κ1) is 23.6. The second-order valence-corrected chi connectivity index (χ2v) is 9.32. The van der Waals surface area contributed by atoms with Crippen LogP contribution in [-0.2, 0) is 21.4 Å². The summed E-state index contributed by atoms with van der Waals surface area (Å²) in [5.74, 6) is -2.72. The van der Waals surface area contributed by atoms with Gasteiger partial charge in [0.2, 0.25) is 15.9 Å². The number of piperazine rings is 1. The average Bonchev–Trinajstić information content (AvgIpc) is 2.79. The molecule has 0 saturated carbocycles. The number of amides is 3. The molecule has 0 aliphatic carbocycles. The van der Waals surface area contributed by atoms with E-state index in [1.807, 2.05) is 31.2 Å². The van der Waals surface area contributed by atoms with E-state index in [2.05, 4.69) is 10.6 Å². The van der Waals surface area contributed by atoms with Crippen LogP contribution < -0.4 is 10.6 Å². The minimum Gasteiger partial charge on any atom is -0.339 e. The van der Waals surface area contributed by atoms with E-state index >= 15 is 0 Å². The standard InChI is InChI=1S/C21H24F2N4O4S/c1-15-2-4-16(5-3-15)13-24-21(29)25-14-20(28)26-8-10-27(11-9-26)32(30,31)17-6-7-18(22)19(23)12-17/h2-7,12H,8-11,13-14H2,1H3,(H2,24,25,29). The van der Waals surface area contributed by atoms with Gasteiger partial charge in [0.05, 0.1) is 11.4 Å². The van der Waals surface area contributed by atoms with Crippen LogP contribution in [0.2, 0.25) is 0 Å². The molecule has 1 aliphatic rings. The number of aryl methyl sites for hydroxylation is 1. The lowest BCUT2D eigenvalue weighted by molar-refractivity contribution is -0.131. The highest BCUT2D eigenvalue weighted by Crippen LogP contribution is 2.20. The Bertz CT molecular complexity index is 1090. The van der Waals surface area contributed by atoms with E-state index in [1.54, 1.807) is 0 Å². The molecule has 0 atom stereocenters. The smallest absolute Gasteiger partial charge is 0.315 e. The number of urea groups is 1. The van der Waals surface area contributed by atoms with Crippen LogP contribution in [0.1, 0.15) is 11.1 Å². The van der Waals surface area contributed by atoms with Gasteiger partial charge in [0.25, 0.3) is 0 Å². The van der Waals surface area contributed by atoms with E-state index in [9.17, 15) is 26.8 Å². The quantitative estimate of drug-likeness (QED) is 0.676. The predicted molar refractivity (Wildman–Crippen MR) is 113 cm³/mol. The average molecular weight is 467 g/mol. The molecule has 8 nitrogen and oxygen atoms in total. The van der Waals surface area contributed by atoms with Crippen LogP contribution >= 0.6 is 0 Å². The van der Waals surface area contributed by atoms with Gasteiger partial charge in [-0.3, -0.25) is 4.79 Å². The number of carbonyl (C=O) groups is 2. The van der Waals surface area contributed by atoms with Crippen molar-refractivity contribution in [3.05, 3.63) is 65.2 Å². The van der Waals surface area contributed by atoms with Gasteiger partial charge in [-0.15, -0.1) is 0 Å². The van der Waals surface area contributed by atoms with E-state index in [1.165, 1.54) is 4.90 Å². The highest BCUT2D eigenvalue weighted by Gasteiger charge is 2.30. The highest BCUT2D eigenvalue weighted by atomic mass is 32.2. The molecule has 2 aromatic carbocycles. The number of rotatable bonds is 6. The minimum absolute atomic E-state index is 0.00664. The Hall–Kier alpha value is -3.05. The lowest BCUT2D eigenvalue weighted by Gasteiger charge is -2.34. The van der Waals surface area contributed by atoms with E-state index in [4.69, 9.17) is 0 Å². The van der Waals surface area contributed by atoms with Gasteiger partial charge < -0.3 is 15.5 Å². The predicted octanol–water partition coefficient (Wildman–Crippen LogP) is 1.61. The second-order valence-electron chi connectivity index (χ2n) is 7.38. The molecular formula is C21H24F2N4O4S. The Balaban J connectivity index is 1.45. The van der Waals surface area contributed by atoms with Gasteiger partial charge in [-0.2, -0.15) is 4.31 Å². The summed E-state index contributed by atoms with van der Waals surface area (Å²) in [5, 5.41) is 5.15. The third-order valence-electron chi connectivity index (χ3n) is 5.09. The Morgan fingerprint density at radius 3 is 2.22 bits per heavy atom. The summed E-state index contributed by atoms with van der Waals surface area (Å²) in [6, 6.07) is 9.58. The van der Waals surface area contributed by atoms with Gasteiger partial charge in [-0.25, -0.2) is 22.0 Å². The molecule has 0 spiro atoms. The molecule has 3 rings (SSSR count). The van der Waals surface area contributed by atoms with Crippen molar-refractivity contribution in [1.82, 2.24) is 19.8 Å². The lowest BCUT2D eigenvalue weighted by atomic mass is 10.1. The highest BCUT2D eigenvalue weighted by molar-refractivity contribution is 7.89. The summed E-state index contributed by atoms with van der Waals surface area (Å²) in [5.41, 5.74) is 2.04. The Kier molecular flexibility index (Phi) is 7.41. The monoisotopic (exact) mass is 466 g/mol. The van der Waals surface area contributed by atoms with Crippen molar-refractivity contribution in [2.75, 3.05) is 32.7 Å². The number of carbonyl (C=O) groups excluding carboxylic acids is 2. The van der Waals surface area contributed by atoms with Crippen LogP contribution in [-0.4, -0.2) is 62.3 Å². The number of nitrogens with zero attached hydrogens (tertiary/aromatic N) is 2. The van der Waals surface area contributed by atoms with Crippen LogP contribution in [0.25, 0.3) is 0 Å². The zero-order chi connectivity index (χ0) is 23.3. The van der Waals surface area contributed by atoms with E-state index in [0.29, 0.717) is 12.6 Å². The molecule has 0 radical (unpaired) electrons. The summed E-state index contributed by atoms with van der Waals surface area (Å²) >= 11 is 0. The molecule has 0 bridgehead atoms. The number of sulfonamides is 1. The van der Waals surface area contributed by atoms with Crippen LogP contribution in [0, 0.1) is 18.6 Å². The van der Waals surface area contributed by atoms with Crippen LogP contribution in [0.15, 0.2) is 47.4 Å². The Labute approximate surface area is 185 Å². The first-order valence-electron chi connectivity index (χ1n) is 9.97. The van der Waals surface area contributed by atoms with Crippen LogP contribution in [0.3, 0.4) is 0 Å². The maximum atomic E-state index is 13.4. The molecule has 1 saturated heterocycles. The van der Waals surface area contributed by atoms with Crippen molar-refractivity contribution in [3.63, 3.8) is 0 Å². The summed E-state index contributed by atoms with van der Waals surface area (Å²) in [6.45, 7) is 2.31. The van der Waals surface area contributed by atoms with Gasteiger partial charge in [-0.1, -0.05) is 29.8 Å². The van der Waals surface area contributed by atoms with Crippen molar-refractivity contribution >= 4 is 22.0 Å². The fourth-order valence-electron chi connectivity index (χ4n) is 3.18. The Morgan fingerprint density at radius 1 is 0.938 bits per heavy atom. The number of nitrogens with one attached hydrogen (secondary N) is 2. The molecular weight excluding hydrogens is 442 g/mol. The van der Waals surface area contributed by atoms with Crippen molar-refractivity contribution < 1.29 is 26.8 Å². The molecule has 2 aromatic rings. The molecule has 0 aromatic heterocycles. The second kappa shape index (κ2) is 10.0. The maximum Gasteiger partial charge on any atom is 0.315 e. The third kappa shape index (κ3) is 5.80. The number of hydrogen-bond donors (Lipinski definition) is 2. The van der Waals surface area contributed by atoms with Crippen LogP contribution in [0.4, 0.5) is 13.6 Å². The van der Waals surface area contributed by atoms with Gasteiger partial charge in [0, 0.05) is 32.7 Å². The summed E-state index contributed by atoms with van der Waals surface area (Å²) < 4.78 is 52.8. The van der Waals surface area contributed by atoms with Crippen LogP contribution in [0.5, 0.6) is 0 Å². The maximum absolute atomic E-state index is 13.4. The van der Waals surface area contributed by atoms with Crippen molar-refractivity contribution in [3.8, 4) is 0 Å². The SMILES string of the molecule is Cc1ccc(CNC(=O)NCC(=O)N2CCN(S(=O)(=O)c3ccc(F)c(F)c3)CC2)cc1. The summed E-state index contributed by atoms with van der Waals surface area (Å²) in [6.07, 6.45) is 0. The van der Waals surface area contributed by atoms with Crippen molar-refractivity contribution in [2.45, 2.75) is 18.4 Å². The fraction of sp³-hybridized carbons (Fsp3) is 0.333. The van der Waals surface area contributed by atoms with Crippen molar-refractivity contribution in [1.29, 1.82) is 0 Å². The molecule has 3 amide bonds. The van der Waals surface area contributed by atoms with E-state index < -0.39 is 27.7 Å². The molecule has 1 fully saturated rings.